The molecule has 1 saturated carbocycles. The number of rotatable bonds is 8. The Balaban J connectivity index is 1.23. The zero-order valence-corrected chi connectivity index (χ0v) is 22.9. The van der Waals surface area contributed by atoms with Crippen molar-refractivity contribution >= 4 is 35.0 Å². The molecule has 3 amide bonds. The summed E-state index contributed by atoms with van der Waals surface area (Å²) in [7, 11) is 0. The molecule has 6 rings (SSSR count). The van der Waals surface area contributed by atoms with Gasteiger partial charge >= 0.3 is 0 Å². The number of ether oxygens (including phenoxy) is 2. The van der Waals surface area contributed by atoms with Crippen LogP contribution in [0, 0.1) is 11.8 Å². The van der Waals surface area contributed by atoms with Crippen LogP contribution in [-0.2, 0) is 23.9 Å². The molecule has 3 saturated heterocycles. The quantitative estimate of drug-likeness (QED) is 0.478. The van der Waals surface area contributed by atoms with E-state index >= 15 is 0 Å². The van der Waals surface area contributed by atoms with E-state index < -0.39 is 29.6 Å². The van der Waals surface area contributed by atoms with E-state index in [4.69, 9.17) is 21.1 Å². The number of carbonyl (C=O) groups is 3. The topological polar surface area (TPSA) is 100 Å². The summed E-state index contributed by atoms with van der Waals surface area (Å²) in [6, 6.07) is 6.19. The lowest BCUT2D eigenvalue weighted by Crippen LogP contribution is -2.56. The van der Waals surface area contributed by atoms with Gasteiger partial charge in [0.1, 0.15) is 11.6 Å². The highest BCUT2D eigenvalue weighted by molar-refractivity contribution is 6.30. The minimum Gasteiger partial charge on any atom is -0.379 e. The second-order valence-electron chi connectivity index (χ2n) is 11.4. The van der Waals surface area contributed by atoms with Crippen molar-refractivity contribution in [1.82, 2.24) is 15.1 Å². The van der Waals surface area contributed by atoms with Crippen molar-refractivity contribution in [3.8, 4) is 0 Å². The number of carbonyl (C=O) groups excluding carboxylic acids is 3. The van der Waals surface area contributed by atoms with Gasteiger partial charge < -0.3 is 25.0 Å². The van der Waals surface area contributed by atoms with Gasteiger partial charge in [-0.3, -0.25) is 19.3 Å². The molecule has 2 N–H and O–H groups in total. The van der Waals surface area contributed by atoms with E-state index in [9.17, 15) is 14.4 Å². The Morgan fingerprint density at radius 3 is 2.51 bits per heavy atom. The van der Waals surface area contributed by atoms with E-state index in [1.165, 1.54) is 6.42 Å². The first-order valence-electron chi connectivity index (χ1n) is 14.3. The molecule has 5 aliphatic rings. The van der Waals surface area contributed by atoms with Crippen LogP contribution in [0.25, 0.3) is 0 Å². The molecule has 1 aromatic rings. The molecule has 210 valence electrons. The third kappa shape index (κ3) is 5.10. The Hall–Kier alpha value is -2.46. The molecular weight excluding hydrogens is 520 g/mol. The van der Waals surface area contributed by atoms with Crippen LogP contribution < -0.4 is 10.6 Å². The highest BCUT2D eigenvalue weighted by Crippen LogP contribution is 2.55. The fourth-order valence-corrected chi connectivity index (χ4v) is 7.21. The van der Waals surface area contributed by atoms with Gasteiger partial charge in [-0.2, -0.15) is 0 Å². The van der Waals surface area contributed by atoms with E-state index in [2.05, 4.69) is 15.5 Å². The van der Waals surface area contributed by atoms with E-state index in [0.29, 0.717) is 30.5 Å². The van der Waals surface area contributed by atoms with Crippen LogP contribution in [0.15, 0.2) is 36.4 Å². The lowest BCUT2D eigenvalue weighted by atomic mass is 9.74. The largest absolute Gasteiger partial charge is 0.379 e. The summed E-state index contributed by atoms with van der Waals surface area (Å²) in [4.78, 5) is 45.5. The van der Waals surface area contributed by atoms with E-state index in [1.54, 1.807) is 29.2 Å². The molecule has 0 radical (unpaired) electrons. The summed E-state index contributed by atoms with van der Waals surface area (Å²) in [5.41, 5.74) is -0.536. The first-order chi connectivity index (χ1) is 19.0. The van der Waals surface area contributed by atoms with Crippen LogP contribution >= 0.6 is 11.6 Å². The number of morpholine rings is 1. The summed E-state index contributed by atoms with van der Waals surface area (Å²) in [5, 5.41) is 6.75. The number of amides is 3. The molecule has 4 aliphatic heterocycles. The number of nitrogens with zero attached hydrogens (tertiary/aromatic N) is 2. The molecule has 1 spiro atoms. The summed E-state index contributed by atoms with van der Waals surface area (Å²) in [5.74, 6) is -2.09. The van der Waals surface area contributed by atoms with Crippen molar-refractivity contribution in [2.24, 2.45) is 11.8 Å². The Kier molecular flexibility index (Phi) is 7.68. The van der Waals surface area contributed by atoms with Crippen molar-refractivity contribution in [2.75, 3.05) is 44.7 Å². The zero-order chi connectivity index (χ0) is 27.0. The molecule has 2 bridgehead atoms. The van der Waals surface area contributed by atoms with Crippen LogP contribution in [0.2, 0.25) is 5.02 Å². The van der Waals surface area contributed by atoms with E-state index in [0.717, 1.165) is 51.7 Å². The molecule has 4 fully saturated rings. The van der Waals surface area contributed by atoms with Crippen LogP contribution in [0.3, 0.4) is 0 Å². The molecule has 5 atom stereocenters. The number of likely N-dealkylation sites (tertiary alicyclic amines) is 1. The minimum atomic E-state index is -1.14. The van der Waals surface area contributed by atoms with E-state index in [1.807, 2.05) is 12.2 Å². The zero-order valence-electron chi connectivity index (χ0n) is 22.1. The van der Waals surface area contributed by atoms with Crippen LogP contribution in [0.1, 0.15) is 38.5 Å². The highest BCUT2D eigenvalue weighted by Gasteiger charge is 2.72. The first-order valence-corrected chi connectivity index (χ1v) is 14.7. The lowest BCUT2D eigenvalue weighted by molar-refractivity contribution is -0.141. The maximum atomic E-state index is 14.1. The van der Waals surface area contributed by atoms with Crippen molar-refractivity contribution < 1.29 is 23.9 Å². The smallest absolute Gasteiger partial charge is 0.246 e. The van der Waals surface area contributed by atoms with E-state index in [-0.39, 0.29) is 23.8 Å². The Labute approximate surface area is 234 Å². The third-order valence-electron chi connectivity index (χ3n) is 8.97. The standard InChI is InChI=1S/C29H37ClN4O5/c30-19-7-9-21(10-8-19)31-26(35)23-22-11-12-29(39-22)24(23)28(37)34(14-4-13-33-15-17-38-18-16-33)25(29)27(36)32-20-5-2-1-3-6-20/h7-12,20,22-25H,1-6,13-18H2,(H,31,35)(H,32,36)/t22-,23?,24-,25?,29?/m0/s1. The van der Waals surface area contributed by atoms with Crippen molar-refractivity contribution in [1.29, 1.82) is 0 Å². The van der Waals surface area contributed by atoms with Gasteiger partial charge in [0.25, 0.3) is 0 Å². The summed E-state index contributed by atoms with van der Waals surface area (Å²) < 4.78 is 11.9. The van der Waals surface area contributed by atoms with Crippen molar-refractivity contribution in [2.45, 2.75) is 62.3 Å². The predicted molar refractivity (Wildman–Crippen MR) is 146 cm³/mol. The van der Waals surface area contributed by atoms with Gasteiger partial charge in [-0.1, -0.05) is 43.0 Å². The van der Waals surface area contributed by atoms with Gasteiger partial charge in [-0.25, -0.2) is 0 Å². The van der Waals surface area contributed by atoms with Crippen LogP contribution in [-0.4, -0.2) is 90.7 Å². The molecule has 4 heterocycles. The molecule has 3 unspecified atom stereocenters. The molecule has 10 heteroatoms. The summed E-state index contributed by atoms with van der Waals surface area (Å²) >= 11 is 6.00. The first kappa shape index (κ1) is 26.7. The fraction of sp³-hybridized carbons (Fsp3) is 0.621. The fourth-order valence-electron chi connectivity index (χ4n) is 7.08. The van der Waals surface area contributed by atoms with Crippen LogP contribution in [0.5, 0.6) is 0 Å². The average molecular weight is 557 g/mol. The summed E-state index contributed by atoms with van der Waals surface area (Å²) in [6.07, 6.45) is 9.19. The SMILES string of the molecule is O=C(Nc1ccc(Cl)cc1)C1[C@@H]2C=CC3(O2)C(C(=O)NC2CCCCC2)N(CCCN2CCOCC2)C(=O)[C@H]13. The predicted octanol–water partition coefficient (Wildman–Crippen LogP) is 2.60. The number of anilines is 1. The average Bonchev–Trinajstić information content (AvgIpc) is 3.58. The molecule has 1 aromatic carbocycles. The number of fused-ring (bicyclic) bond motifs is 1. The number of hydrogen-bond donors (Lipinski definition) is 2. The summed E-state index contributed by atoms with van der Waals surface area (Å²) in [6.45, 7) is 4.42. The van der Waals surface area contributed by atoms with Gasteiger partial charge in [-0.05, 0) is 43.5 Å². The third-order valence-corrected chi connectivity index (χ3v) is 9.22. The number of benzene rings is 1. The van der Waals surface area contributed by atoms with Crippen molar-refractivity contribution in [3.05, 3.63) is 41.4 Å². The minimum absolute atomic E-state index is 0.110. The second-order valence-corrected chi connectivity index (χ2v) is 11.8. The molecule has 0 aromatic heterocycles. The normalized spacial score (nSPS) is 32.4. The van der Waals surface area contributed by atoms with Gasteiger partial charge in [0.15, 0.2) is 0 Å². The molecule has 1 aliphatic carbocycles. The molecule has 39 heavy (non-hydrogen) atoms. The second kappa shape index (κ2) is 11.2. The van der Waals surface area contributed by atoms with Crippen LogP contribution in [0.4, 0.5) is 5.69 Å². The van der Waals surface area contributed by atoms with Gasteiger partial charge in [0.05, 0.1) is 31.2 Å². The van der Waals surface area contributed by atoms with Gasteiger partial charge in [-0.15, -0.1) is 0 Å². The van der Waals surface area contributed by atoms with Gasteiger partial charge in [0.2, 0.25) is 17.7 Å². The lowest BCUT2D eigenvalue weighted by Gasteiger charge is -2.34. The Bertz CT molecular complexity index is 1120. The maximum Gasteiger partial charge on any atom is 0.246 e. The molecule has 9 nitrogen and oxygen atoms in total. The Morgan fingerprint density at radius 1 is 1.03 bits per heavy atom. The number of nitrogens with one attached hydrogen (secondary N) is 2. The number of halogens is 1. The number of hydrogen-bond acceptors (Lipinski definition) is 6. The monoisotopic (exact) mass is 556 g/mol. The Morgan fingerprint density at radius 2 is 1.77 bits per heavy atom. The molecular formula is C29H37ClN4O5. The highest BCUT2D eigenvalue weighted by atomic mass is 35.5. The van der Waals surface area contributed by atoms with Crippen molar-refractivity contribution in [3.63, 3.8) is 0 Å². The maximum absolute atomic E-state index is 14.1. The van der Waals surface area contributed by atoms with Gasteiger partial charge in [0, 0.05) is 42.9 Å².